The summed E-state index contributed by atoms with van der Waals surface area (Å²) in [5, 5.41) is 4.60. The average molecular weight is 262 g/mol. The zero-order valence-corrected chi connectivity index (χ0v) is 12.3. The molecule has 1 aliphatic rings. The quantitative estimate of drug-likeness (QED) is 0.898. The summed E-state index contributed by atoms with van der Waals surface area (Å²) < 4.78 is 0. The number of hydrogen-bond acceptors (Lipinski definition) is 2. The second-order valence-electron chi connectivity index (χ2n) is 5.10. The van der Waals surface area contributed by atoms with Crippen molar-refractivity contribution in [2.75, 3.05) is 5.75 Å². The van der Waals surface area contributed by atoms with E-state index in [9.17, 15) is 0 Å². The van der Waals surface area contributed by atoms with E-state index in [2.05, 4.69) is 55.3 Å². The Kier molecular flexibility index (Phi) is 4.70. The number of rotatable bonds is 4. The van der Waals surface area contributed by atoms with Crippen molar-refractivity contribution in [3.8, 4) is 0 Å². The Bertz CT molecular complexity index is 409. The van der Waals surface area contributed by atoms with Crippen LogP contribution in [0.4, 0.5) is 0 Å². The van der Waals surface area contributed by atoms with E-state index in [1.807, 2.05) is 11.8 Å². The Balaban J connectivity index is 1.90. The molecule has 1 aliphatic heterocycles. The molecule has 0 aromatic heterocycles. The molecule has 0 amide bonds. The lowest BCUT2D eigenvalue weighted by Crippen LogP contribution is -2.31. The molecule has 2 nitrogen and oxygen atoms in total. The monoisotopic (exact) mass is 262 g/mol. The topological polar surface area (TPSA) is 24.4 Å². The number of aliphatic imine (C=N–C) groups is 1. The number of amidine groups is 1. The standard InChI is InChI=1S/C15H22N2S/c1-4-12-5-7-13(8-6-12)9-16-15-17-14(10-18-15)11(2)3/h5-8,11,14H,4,9-10H2,1-3H3,(H,16,17). The average Bonchev–Trinajstić information content (AvgIpc) is 2.86. The summed E-state index contributed by atoms with van der Waals surface area (Å²) in [6.45, 7) is 7.47. The summed E-state index contributed by atoms with van der Waals surface area (Å²) in [6, 6.07) is 9.34. The number of hydrogen-bond donors (Lipinski definition) is 1. The van der Waals surface area contributed by atoms with E-state index in [0.29, 0.717) is 12.0 Å². The molecule has 98 valence electrons. The molecule has 1 aromatic carbocycles. The minimum Gasteiger partial charge on any atom is -0.361 e. The molecule has 0 bridgehead atoms. The van der Waals surface area contributed by atoms with Crippen molar-refractivity contribution in [1.29, 1.82) is 0 Å². The van der Waals surface area contributed by atoms with Gasteiger partial charge in [0.05, 0.1) is 6.54 Å². The highest BCUT2D eigenvalue weighted by molar-refractivity contribution is 8.14. The highest BCUT2D eigenvalue weighted by atomic mass is 32.2. The summed E-state index contributed by atoms with van der Waals surface area (Å²) in [4.78, 5) is 4.65. The molecular weight excluding hydrogens is 240 g/mol. The fourth-order valence-electron chi connectivity index (χ4n) is 1.90. The van der Waals surface area contributed by atoms with Gasteiger partial charge in [-0.05, 0) is 23.5 Å². The second kappa shape index (κ2) is 6.28. The maximum Gasteiger partial charge on any atom is 0.157 e. The van der Waals surface area contributed by atoms with Crippen LogP contribution in [0.2, 0.25) is 0 Å². The molecule has 1 N–H and O–H groups in total. The van der Waals surface area contributed by atoms with E-state index >= 15 is 0 Å². The third-order valence-electron chi connectivity index (χ3n) is 3.35. The molecule has 1 saturated heterocycles. The third-order valence-corrected chi connectivity index (χ3v) is 4.40. The molecule has 1 fully saturated rings. The molecule has 0 aliphatic carbocycles. The van der Waals surface area contributed by atoms with Crippen LogP contribution in [0.15, 0.2) is 29.3 Å². The largest absolute Gasteiger partial charge is 0.361 e. The van der Waals surface area contributed by atoms with Gasteiger partial charge in [-0.25, -0.2) is 0 Å². The summed E-state index contributed by atoms with van der Waals surface area (Å²) in [6.07, 6.45) is 1.10. The molecular formula is C15H22N2S. The van der Waals surface area contributed by atoms with Gasteiger partial charge in [0.1, 0.15) is 0 Å². The normalized spacial score (nSPS) is 21.6. The van der Waals surface area contributed by atoms with E-state index in [1.54, 1.807) is 0 Å². The Labute approximate surface area is 114 Å². The molecule has 0 radical (unpaired) electrons. The first-order valence-electron chi connectivity index (χ1n) is 6.70. The van der Waals surface area contributed by atoms with E-state index < -0.39 is 0 Å². The van der Waals surface area contributed by atoms with Gasteiger partial charge in [0.15, 0.2) is 5.17 Å². The smallest absolute Gasteiger partial charge is 0.157 e. The fourth-order valence-corrected chi connectivity index (χ4v) is 3.10. The number of nitrogens with one attached hydrogen (secondary N) is 1. The van der Waals surface area contributed by atoms with E-state index in [-0.39, 0.29) is 0 Å². The van der Waals surface area contributed by atoms with Crippen LogP contribution >= 0.6 is 11.8 Å². The van der Waals surface area contributed by atoms with Crippen molar-refractivity contribution in [1.82, 2.24) is 5.32 Å². The Morgan fingerprint density at radius 2 is 1.94 bits per heavy atom. The van der Waals surface area contributed by atoms with Gasteiger partial charge in [0.25, 0.3) is 0 Å². The van der Waals surface area contributed by atoms with Gasteiger partial charge < -0.3 is 5.32 Å². The highest BCUT2D eigenvalue weighted by Gasteiger charge is 2.22. The van der Waals surface area contributed by atoms with Crippen molar-refractivity contribution < 1.29 is 0 Å². The van der Waals surface area contributed by atoms with Gasteiger partial charge in [-0.3, -0.25) is 4.99 Å². The number of thioether (sulfide) groups is 1. The minimum absolute atomic E-state index is 0.580. The lowest BCUT2D eigenvalue weighted by atomic mass is 10.1. The second-order valence-corrected chi connectivity index (χ2v) is 6.11. The summed E-state index contributed by atoms with van der Waals surface area (Å²) >= 11 is 1.84. The van der Waals surface area contributed by atoms with Crippen molar-refractivity contribution >= 4 is 16.9 Å². The molecule has 1 atom stereocenters. The van der Waals surface area contributed by atoms with Crippen LogP contribution in [-0.4, -0.2) is 17.0 Å². The lowest BCUT2D eigenvalue weighted by Gasteiger charge is -2.13. The first kappa shape index (κ1) is 13.5. The van der Waals surface area contributed by atoms with Crippen LogP contribution in [0, 0.1) is 5.92 Å². The van der Waals surface area contributed by atoms with Crippen LogP contribution in [-0.2, 0) is 13.0 Å². The van der Waals surface area contributed by atoms with Gasteiger partial charge in [0, 0.05) is 11.8 Å². The maximum atomic E-state index is 4.65. The van der Waals surface area contributed by atoms with E-state index in [0.717, 1.165) is 23.9 Å². The predicted octanol–water partition coefficient (Wildman–Crippen LogP) is 3.47. The van der Waals surface area contributed by atoms with Crippen LogP contribution in [0.25, 0.3) is 0 Å². The summed E-state index contributed by atoms with van der Waals surface area (Å²) in [5.41, 5.74) is 2.68. The molecule has 0 saturated carbocycles. The lowest BCUT2D eigenvalue weighted by molar-refractivity contribution is 0.503. The van der Waals surface area contributed by atoms with Gasteiger partial charge in [-0.1, -0.05) is 56.8 Å². The van der Waals surface area contributed by atoms with Crippen molar-refractivity contribution in [3.05, 3.63) is 35.4 Å². The molecule has 18 heavy (non-hydrogen) atoms. The van der Waals surface area contributed by atoms with E-state index in [1.165, 1.54) is 11.1 Å². The molecule has 2 rings (SSSR count). The van der Waals surface area contributed by atoms with Crippen molar-refractivity contribution in [3.63, 3.8) is 0 Å². The van der Waals surface area contributed by atoms with Gasteiger partial charge >= 0.3 is 0 Å². The van der Waals surface area contributed by atoms with Crippen molar-refractivity contribution in [2.45, 2.75) is 39.8 Å². The Morgan fingerprint density at radius 3 is 2.50 bits per heavy atom. The molecule has 0 spiro atoms. The van der Waals surface area contributed by atoms with E-state index in [4.69, 9.17) is 0 Å². The molecule has 1 heterocycles. The highest BCUT2D eigenvalue weighted by Crippen LogP contribution is 2.19. The first-order valence-corrected chi connectivity index (χ1v) is 7.69. The van der Waals surface area contributed by atoms with Crippen molar-refractivity contribution in [2.24, 2.45) is 10.9 Å². The van der Waals surface area contributed by atoms with Gasteiger partial charge in [-0.15, -0.1) is 0 Å². The SMILES string of the molecule is CCc1ccc(CN=C2NC(C(C)C)CS2)cc1. The maximum absolute atomic E-state index is 4.65. The van der Waals surface area contributed by atoms with Gasteiger partial charge in [0.2, 0.25) is 0 Å². The zero-order chi connectivity index (χ0) is 13.0. The number of benzene rings is 1. The predicted molar refractivity (Wildman–Crippen MR) is 81.2 cm³/mol. The van der Waals surface area contributed by atoms with Crippen LogP contribution in [0.5, 0.6) is 0 Å². The summed E-state index contributed by atoms with van der Waals surface area (Å²) in [7, 11) is 0. The van der Waals surface area contributed by atoms with Crippen LogP contribution in [0.1, 0.15) is 31.9 Å². The van der Waals surface area contributed by atoms with Crippen LogP contribution < -0.4 is 5.32 Å². The van der Waals surface area contributed by atoms with Gasteiger partial charge in [-0.2, -0.15) is 0 Å². The number of aryl methyl sites for hydroxylation is 1. The zero-order valence-electron chi connectivity index (χ0n) is 11.4. The minimum atomic E-state index is 0.580. The van der Waals surface area contributed by atoms with Crippen LogP contribution in [0.3, 0.4) is 0 Å². The molecule has 1 unspecified atom stereocenters. The first-order chi connectivity index (χ1) is 8.69. The fraction of sp³-hybridized carbons (Fsp3) is 0.533. The summed E-state index contributed by atoms with van der Waals surface area (Å²) in [5.74, 6) is 1.82. The molecule has 3 heteroatoms. The molecule has 1 aromatic rings. The third kappa shape index (κ3) is 3.52. The number of nitrogens with zero attached hydrogens (tertiary/aromatic N) is 1. The Morgan fingerprint density at radius 1 is 1.28 bits per heavy atom. The Hall–Kier alpha value is -0.960.